The third-order valence-electron chi connectivity index (χ3n) is 6.47. The van der Waals surface area contributed by atoms with Gasteiger partial charge in [-0.3, -0.25) is 4.79 Å². The van der Waals surface area contributed by atoms with Gasteiger partial charge in [0.1, 0.15) is 0 Å². The number of para-hydroxylation sites is 1. The number of nitrogens with one attached hydrogen (secondary N) is 1. The Kier molecular flexibility index (Phi) is 3.92. The fourth-order valence-electron chi connectivity index (χ4n) is 5.30. The summed E-state index contributed by atoms with van der Waals surface area (Å²) in [6.45, 7) is 5.15. The molecule has 3 nitrogen and oxygen atoms in total. The van der Waals surface area contributed by atoms with Crippen molar-refractivity contribution in [2.24, 2.45) is 17.8 Å². The number of rotatable bonds is 4. The molecule has 4 rings (SSSR count). The van der Waals surface area contributed by atoms with Crippen LogP contribution >= 0.6 is 0 Å². The Morgan fingerprint density at radius 1 is 1.22 bits per heavy atom. The first-order chi connectivity index (χ1) is 11.1. The molecule has 1 aliphatic heterocycles. The maximum Gasteiger partial charge on any atom is 0.243 e. The Labute approximate surface area is 139 Å². The number of anilines is 1. The van der Waals surface area contributed by atoms with E-state index in [4.69, 9.17) is 0 Å². The largest absolute Gasteiger partial charge is 0.310 e. The van der Waals surface area contributed by atoms with E-state index >= 15 is 0 Å². The van der Waals surface area contributed by atoms with Gasteiger partial charge in [-0.25, -0.2) is 0 Å². The van der Waals surface area contributed by atoms with Crippen LogP contribution in [0.15, 0.2) is 24.3 Å². The quantitative estimate of drug-likeness (QED) is 0.924. The monoisotopic (exact) mass is 312 g/mol. The molecule has 1 N–H and O–H groups in total. The molecule has 2 aliphatic carbocycles. The summed E-state index contributed by atoms with van der Waals surface area (Å²) in [5.41, 5.74) is 2.41. The van der Waals surface area contributed by atoms with Crippen molar-refractivity contribution in [1.82, 2.24) is 5.32 Å². The number of carbonyl (C=O) groups is 1. The molecule has 0 saturated heterocycles. The predicted molar refractivity (Wildman–Crippen MR) is 93.5 cm³/mol. The molecule has 124 valence electrons. The molecule has 23 heavy (non-hydrogen) atoms. The molecular weight excluding hydrogens is 284 g/mol. The number of fused-ring (bicyclic) bond motifs is 3. The fraction of sp³-hybridized carbons (Fsp3) is 0.650. The van der Waals surface area contributed by atoms with Crippen LogP contribution in [0.5, 0.6) is 0 Å². The third-order valence-corrected chi connectivity index (χ3v) is 6.47. The first kappa shape index (κ1) is 15.2. The first-order valence-corrected chi connectivity index (χ1v) is 9.29. The maximum absolute atomic E-state index is 12.9. The lowest BCUT2D eigenvalue weighted by molar-refractivity contribution is -0.120. The van der Waals surface area contributed by atoms with E-state index < -0.39 is 0 Å². The van der Waals surface area contributed by atoms with Gasteiger partial charge in [0.25, 0.3) is 0 Å². The highest BCUT2D eigenvalue weighted by molar-refractivity contribution is 5.98. The van der Waals surface area contributed by atoms with Crippen LogP contribution in [0.2, 0.25) is 0 Å². The summed E-state index contributed by atoms with van der Waals surface area (Å²) in [4.78, 5) is 14.9. The second-order valence-corrected chi connectivity index (χ2v) is 7.88. The van der Waals surface area contributed by atoms with Crippen molar-refractivity contribution in [2.75, 3.05) is 11.4 Å². The molecule has 3 heteroatoms. The standard InChI is InChI=1S/C20H28N2O/c1-13(18-12-15-7-8-17(18)11-15)21-14(2)20(23)22-10-9-16-5-3-4-6-19(16)22/h3-6,13-15,17-18,21H,7-12H2,1-2H3/t13-,14-,15-,17-,18-/m0/s1. The van der Waals surface area contributed by atoms with E-state index in [2.05, 4.69) is 30.4 Å². The van der Waals surface area contributed by atoms with Crippen LogP contribution in [0.1, 0.15) is 45.1 Å². The van der Waals surface area contributed by atoms with E-state index in [-0.39, 0.29) is 11.9 Å². The Hall–Kier alpha value is -1.35. The van der Waals surface area contributed by atoms with Gasteiger partial charge in [-0.1, -0.05) is 24.6 Å². The molecule has 0 spiro atoms. The zero-order chi connectivity index (χ0) is 16.0. The minimum absolute atomic E-state index is 0.102. The van der Waals surface area contributed by atoms with Crippen LogP contribution in [0, 0.1) is 17.8 Å². The van der Waals surface area contributed by atoms with Crippen molar-refractivity contribution in [3.05, 3.63) is 29.8 Å². The highest BCUT2D eigenvalue weighted by atomic mass is 16.2. The van der Waals surface area contributed by atoms with E-state index in [9.17, 15) is 4.79 Å². The van der Waals surface area contributed by atoms with Gasteiger partial charge in [0.15, 0.2) is 0 Å². The van der Waals surface area contributed by atoms with Gasteiger partial charge in [0, 0.05) is 18.3 Å². The Morgan fingerprint density at radius 2 is 2.04 bits per heavy atom. The molecule has 1 aromatic rings. The lowest BCUT2D eigenvalue weighted by Crippen LogP contribution is -2.49. The smallest absolute Gasteiger partial charge is 0.243 e. The number of amides is 1. The molecule has 1 aromatic carbocycles. The van der Waals surface area contributed by atoms with Crippen molar-refractivity contribution in [3.8, 4) is 0 Å². The van der Waals surface area contributed by atoms with Gasteiger partial charge < -0.3 is 10.2 Å². The minimum atomic E-state index is -0.102. The zero-order valence-corrected chi connectivity index (χ0v) is 14.3. The summed E-state index contributed by atoms with van der Waals surface area (Å²) < 4.78 is 0. The predicted octanol–water partition coefficient (Wildman–Crippen LogP) is 3.38. The first-order valence-electron chi connectivity index (χ1n) is 9.29. The van der Waals surface area contributed by atoms with E-state index in [1.807, 2.05) is 17.9 Å². The summed E-state index contributed by atoms with van der Waals surface area (Å²) in [6, 6.07) is 8.65. The highest BCUT2D eigenvalue weighted by Gasteiger charge is 2.42. The lowest BCUT2D eigenvalue weighted by atomic mass is 9.83. The second kappa shape index (κ2) is 5.94. The van der Waals surface area contributed by atoms with E-state index in [1.165, 1.54) is 31.2 Å². The zero-order valence-electron chi connectivity index (χ0n) is 14.3. The molecular formula is C20H28N2O. The van der Waals surface area contributed by atoms with Crippen LogP contribution in [-0.2, 0) is 11.2 Å². The van der Waals surface area contributed by atoms with Crippen LogP contribution in [0.3, 0.4) is 0 Å². The van der Waals surface area contributed by atoms with Crippen LogP contribution < -0.4 is 10.2 Å². The molecule has 0 unspecified atom stereocenters. The Bertz CT molecular complexity index is 599. The summed E-state index contributed by atoms with van der Waals surface area (Å²) in [5.74, 6) is 2.86. The number of carbonyl (C=O) groups excluding carboxylic acids is 1. The van der Waals surface area contributed by atoms with Gasteiger partial charge in [-0.2, -0.15) is 0 Å². The van der Waals surface area contributed by atoms with Gasteiger partial charge >= 0.3 is 0 Å². The van der Waals surface area contributed by atoms with Crippen molar-refractivity contribution in [2.45, 2.75) is 58.0 Å². The molecule has 2 saturated carbocycles. The molecule has 1 amide bonds. The normalized spacial score (nSPS) is 31.2. The average Bonchev–Trinajstić information content (AvgIpc) is 3.28. The summed E-state index contributed by atoms with van der Waals surface area (Å²) in [5, 5.41) is 3.62. The SMILES string of the molecule is C[C@H](N[C@@H](C)[C@@H]1C[C@H]2CC[C@H]1C2)C(=O)N1CCc2ccccc21. The van der Waals surface area contributed by atoms with Crippen LogP contribution in [-0.4, -0.2) is 24.5 Å². The van der Waals surface area contributed by atoms with Crippen LogP contribution in [0.4, 0.5) is 5.69 Å². The van der Waals surface area contributed by atoms with Crippen LogP contribution in [0.25, 0.3) is 0 Å². The number of benzene rings is 1. The van der Waals surface area contributed by atoms with E-state index in [0.29, 0.717) is 6.04 Å². The highest BCUT2D eigenvalue weighted by Crippen LogP contribution is 2.49. The number of nitrogens with zero attached hydrogens (tertiary/aromatic N) is 1. The average molecular weight is 312 g/mol. The molecule has 1 heterocycles. The van der Waals surface area contributed by atoms with Gasteiger partial charge in [0.05, 0.1) is 6.04 Å². The van der Waals surface area contributed by atoms with Crippen molar-refractivity contribution in [1.29, 1.82) is 0 Å². The van der Waals surface area contributed by atoms with E-state index in [0.717, 1.165) is 36.4 Å². The minimum Gasteiger partial charge on any atom is -0.310 e. The summed E-state index contributed by atoms with van der Waals surface area (Å²) in [6.07, 6.45) is 6.62. The summed E-state index contributed by atoms with van der Waals surface area (Å²) >= 11 is 0. The summed E-state index contributed by atoms with van der Waals surface area (Å²) in [7, 11) is 0. The molecule has 2 fully saturated rings. The fourth-order valence-corrected chi connectivity index (χ4v) is 5.30. The van der Waals surface area contributed by atoms with Crippen molar-refractivity contribution >= 4 is 11.6 Å². The van der Waals surface area contributed by atoms with Gasteiger partial charge in [-0.15, -0.1) is 0 Å². The number of hydrogen-bond donors (Lipinski definition) is 1. The number of hydrogen-bond acceptors (Lipinski definition) is 2. The maximum atomic E-state index is 12.9. The molecule has 0 aromatic heterocycles. The Balaban J connectivity index is 1.39. The molecule has 0 radical (unpaired) electrons. The third kappa shape index (κ3) is 2.69. The van der Waals surface area contributed by atoms with Crippen molar-refractivity contribution < 1.29 is 4.79 Å². The van der Waals surface area contributed by atoms with E-state index in [1.54, 1.807) is 0 Å². The van der Waals surface area contributed by atoms with Crippen molar-refractivity contribution in [3.63, 3.8) is 0 Å². The van der Waals surface area contributed by atoms with Gasteiger partial charge in [-0.05, 0) is 68.9 Å². The molecule has 2 bridgehead atoms. The molecule has 5 atom stereocenters. The Morgan fingerprint density at radius 3 is 2.78 bits per heavy atom. The second-order valence-electron chi connectivity index (χ2n) is 7.88. The van der Waals surface area contributed by atoms with Gasteiger partial charge in [0.2, 0.25) is 5.91 Å². The topological polar surface area (TPSA) is 32.3 Å². The molecule has 3 aliphatic rings. The lowest BCUT2D eigenvalue weighted by Gasteiger charge is -2.32.